The maximum Gasteiger partial charge on any atom is 0.0271 e. The summed E-state index contributed by atoms with van der Waals surface area (Å²) in [4.78, 5) is 0.891. The van der Waals surface area contributed by atoms with Gasteiger partial charge in [-0.3, -0.25) is 0 Å². The molecule has 2 unspecified atom stereocenters. The van der Waals surface area contributed by atoms with Crippen molar-refractivity contribution < 1.29 is 0 Å². The predicted molar refractivity (Wildman–Crippen MR) is 64.2 cm³/mol. The van der Waals surface area contributed by atoms with Gasteiger partial charge >= 0.3 is 0 Å². The van der Waals surface area contributed by atoms with Gasteiger partial charge in [-0.15, -0.1) is 0 Å². The van der Waals surface area contributed by atoms with Gasteiger partial charge in [-0.25, -0.2) is 0 Å². The minimum atomic E-state index is 0.351. The summed E-state index contributed by atoms with van der Waals surface area (Å²) in [5, 5.41) is 0. The van der Waals surface area contributed by atoms with E-state index >= 15 is 0 Å². The fourth-order valence-corrected chi connectivity index (χ4v) is 1.71. The summed E-state index contributed by atoms with van der Waals surface area (Å²) in [6, 6.07) is 0. The van der Waals surface area contributed by atoms with E-state index in [2.05, 4.69) is 45.7 Å². The van der Waals surface area contributed by atoms with Gasteiger partial charge in [0.15, 0.2) is 0 Å². The van der Waals surface area contributed by atoms with Crippen LogP contribution in [0.3, 0.4) is 0 Å². The molecule has 0 aromatic heterocycles. The molecule has 2 heteroatoms. The Morgan fingerprint density at radius 3 is 2.17 bits per heavy atom. The van der Waals surface area contributed by atoms with E-state index in [1.54, 1.807) is 0 Å². The first kappa shape index (κ1) is 13.0. The van der Waals surface area contributed by atoms with Crippen LogP contribution in [0.1, 0.15) is 45.4 Å². The van der Waals surface area contributed by atoms with Gasteiger partial charge in [0, 0.05) is 9.65 Å². The highest BCUT2D eigenvalue weighted by Gasteiger charge is 2.09. The van der Waals surface area contributed by atoms with E-state index in [4.69, 9.17) is 0 Å². The normalized spacial score (nSPS) is 16.0. The van der Waals surface area contributed by atoms with Crippen molar-refractivity contribution in [2.75, 3.05) is 0 Å². The van der Waals surface area contributed by atoms with Crippen LogP contribution in [0, 0.1) is 6.92 Å². The zero-order valence-electron chi connectivity index (χ0n) is 7.86. The van der Waals surface area contributed by atoms with E-state index in [9.17, 15) is 0 Å². The van der Waals surface area contributed by atoms with Crippen molar-refractivity contribution in [2.24, 2.45) is 0 Å². The molecule has 0 fully saturated rings. The smallest absolute Gasteiger partial charge is 0.0271 e. The molecule has 0 bridgehead atoms. The van der Waals surface area contributed by atoms with Crippen LogP contribution in [-0.4, -0.2) is 9.65 Å². The summed E-state index contributed by atoms with van der Waals surface area (Å²) >= 11 is 7.07. The Hall–Kier alpha value is 0.960. The van der Waals surface area contributed by atoms with Gasteiger partial charge in [-0.1, -0.05) is 70.9 Å². The molecule has 0 aliphatic heterocycles. The monoisotopic (exact) mass is 297 g/mol. The number of alkyl halides is 2. The molecule has 0 spiro atoms. The number of hydrogen-bond donors (Lipinski definition) is 0. The molecule has 0 aliphatic rings. The maximum atomic E-state index is 3.92. The van der Waals surface area contributed by atoms with Crippen molar-refractivity contribution in [1.82, 2.24) is 0 Å². The largest absolute Gasteiger partial charge is 0.0879 e. The number of halogens is 2. The number of unbranched alkanes of at least 4 members (excludes halogenated alkanes) is 4. The third-order valence-electron chi connectivity index (χ3n) is 1.98. The molecule has 0 saturated heterocycles. The van der Waals surface area contributed by atoms with Crippen LogP contribution in [0.4, 0.5) is 0 Å². The van der Waals surface area contributed by atoms with Crippen LogP contribution >= 0.6 is 31.9 Å². The van der Waals surface area contributed by atoms with Gasteiger partial charge in [-0.2, -0.15) is 0 Å². The Labute approximate surface area is 93.8 Å². The third kappa shape index (κ3) is 7.60. The Morgan fingerprint density at radius 2 is 1.67 bits per heavy atom. The molecule has 0 N–H and O–H groups in total. The molecule has 0 heterocycles. The molecule has 2 atom stereocenters. The van der Waals surface area contributed by atoms with Gasteiger partial charge < -0.3 is 0 Å². The quantitative estimate of drug-likeness (QED) is 0.472. The third-order valence-corrected chi connectivity index (χ3v) is 4.42. The lowest BCUT2D eigenvalue weighted by Gasteiger charge is -2.11. The minimum Gasteiger partial charge on any atom is -0.0879 e. The molecule has 12 heavy (non-hydrogen) atoms. The highest BCUT2D eigenvalue weighted by Crippen LogP contribution is 2.19. The average Bonchev–Trinajstić information content (AvgIpc) is 2.03. The van der Waals surface area contributed by atoms with Crippen molar-refractivity contribution in [2.45, 2.75) is 55.1 Å². The first-order valence-electron chi connectivity index (χ1n) is 4.79. The van der Waals surface area contributed by atoms with Crippen molar-refractivity contribution >= 4 is 31.9 Å². The lowest BCUT2D eigenvalue weighted by atomic mass is 10.1. The standard InChI is InChI=1S/C10H19Br2/c1-3-4-5-6-7-8-10(12)9(2)11/h9-10H,2-8H2,1H3. The van der Waals surface area contributed by atoms with Gasteiger partial charge in [0.1, 0.15) is 0 Å². The molecule has 0 rings (SSSR count). The lowest BCUT2D eigenvalue weighted by Crippen LogP contribution is -2.09. The lowest BCUT2D eigenvalue weighted by molar-refractivity contribution is 0.603. The SMILES string of the molecule is [CH2]C(Br)C(Br)CCCCCCC. The van der Waals surface area contributed by atoms with E-state index in [0.717, 1.165) is 0 Å². The second-order valence-corrected chi connectivity index (χ2v) is 5.59. The molecule has 0 nitrogen and oxygen atoms in total. The summed E-state index contributed by atoms with van der Waals surface area (Å²) in [6.07, 6.45) is 8.04. The summed E-state index contributed by atoms with van der Waals surface area (Å²) in [5.41, 5.74) is 0. The molecule has 1 radical (unpaired) electrons. The van der Waals surface area contributed by atoms with Crippen LogP contribution in [0.2, 0.25) is 0 Å². The van der Waals surface area contributed by atoms with E-state index in [1.165, 1.54) is 38.5 Å². The fraction of sp³-hybridized carbons (Fsp3) is 0.900. The zero-order valence-corrected chi connectivity index (χ0v) is 11.0. The molecule has 0 saturated carbocycles. The van der Waals surface area contributed by atoms with Crippen LogP contribution in [0.25, 0.3) is 0 Å². The van der Waals surface area contributed by atoms with Crippen LogP contribution in [0.5, 0.6) is 0 Å². The number of rotatable bonds is 7. The minimum absolute atomic E-state index is 0.351. The molecular formula is C10H19Br2. The molecule has 0 aliphatic carbocycles. The maximum absolute atomic E-state index is 3.92. The van der Waals surface area contributed by atoms with Gasteiger partial charge in [0.05, 0.1) is 0 Å². The van der Waals surface area contributed by atoms with Crippen LogP contribution in [-0.2, 0) is 0 Å². The van der Waals surface area contributed by atoms with Gasteiger partial charge in [0.25, 0.3) is 0 Å². The fourth-order valence-electron chi connectivity index (χ4n) is 1.12. The molecule has 0 aromatic rings. The van der Waals surface area contributed by atoms with E-state index < -0.39 is 0 Å². The highest BCUT2D eigenvalue weighted by molar-refractivity contribution is 9.12. The highest BCUT2D eigenvalue weighted by atomic mass is 79.9. The second kappa shape index (κ2) is 8.55. The predicted octanol–water partition coefficient (Wildman–Crippen LogP) is 4.71. The van der Waals surface area contributed by atoms with E-state index in [0.29, 0.717) is 9.65 Å². The Kier molecular flexibility index (Phi) is 9.24. The van der Waals surface area contributed by atoms with Crippen molar-refractivity contribution in [3.05, 3.63) is 6.92 Å². The molecule has 0 aromatic carbocycles. The first-order chi connectivity index (χ1) is 5.68. The summed E-state index contributed by atoms with van der Waals surface area (Å²) in [7, 11) is 0. The molecule has 73 valence electrons. The summed E-state index contributed by atoms with van der Waals surface area (Å²) in [6.45, 7) is 6.17. The van der Waals surface area contributed by atoms with Crippen LogP contribution in [0.15, 0.2) is 0 Å². The Balaban J connectivity index is 3.08. The average molecular weight is 299 g/mol. The van der Waals surface area contributed by atoms with Crippen molar-refractivity contribution in [1.29, 1.82) is 0 Å². The first-order valence-corrected chi connectivity index (χ1v) is 6.62. The zero-order chi connectivity index (χ0) is 9.40. The second-order valence-electron chi connectivity index (χ2n) is 3.23. The van der Waals surface area contributed by atoms with Gasteiger partial charge in [-0.05, 0) is 13.3 Å². The number of hydrogen-bond acceptors (Lipinski definition) is 0. The van der Waals surface area contributed by atoms with E-state index in [-0.39, 0.29) is 0 Å². The summed E-state index contributed by atoms with van der Waals surface area (Å²) in [5.74, 6) is 0. The summed E-state index contributed by atoms with van der Waals surface area (Å²) < 4.78 is 0. The Morgan fingerprint density at radius 1 is 1.08 bits per heavy atom. The topological polar surface area (TPSA) is 0 Å². The Bertz CT molecular complexity index is 91.8. The van der Waals surface area contributed by atoms with Crippen LogP contribution < -0.4 is 0 Å². The van der Waals surface area contributed by atoms with Crippen molar-refractivity contribution in [3.63, 3.8) is 0 Å². The van der Waals surface area contributed by atoms with E-state index in [1.807, 2.05) is 0 Å². The molecular weight excluding hydrogens is 280 g/mol. The van der Waals surface area contributed by atoms with Crippen molar-refractivity contribution in [3.8, 4) is 0 Å². The molecule has 0 amide bonds. The van der Waals surface area contributed by atoms with Gasteiger partial charge in [0.2, 0.25) is 0 Å².